The summed E-state index contributed by atoms with van der Waals surface area (Å²) in [5, 5.41) is 3.07. The van der Waals surface area contributed by atoms with Crippen molar-refractivity contribution in [2.24, 2.45) is 5.92 Å². The minimum Gasteiger partial charge on any atom is -0.356 e. The molecule has 1 fully saturated rings. The van der Waals surface area contributed by atoms with E-state index in [0.717, 1.165) is 51.9 Å². The molecular formula is C17H26N2O. The fraction of sp³-hybridized carbons (Fsp3) is 0.588. The first-order valence-electron chi connectivity index (χ1n) is 7.83. The molecule has 1 heterocycles. The van der Waals surface area contributed by atoms with E-state index in [-0.39, 0.29) is 11.8 Å². The zero-order valence-corrected chi connectivity index (χ0v) is 12.5. The standard InChI is InChI=1S/C17H26N2O/c1-2-3-11-18-17(20)16-10-7-12-19(14-16)13-15-8-5-4-6-9-15/h4-6,8-9,16H,2-3,7,10-14H2,1H3,(H,18,20)/t16-/m1/s1. The molecule has 1 aromatic carbocycles. The topological polar surface area (TPSA) is 32.3 Å². The smallest absolute Gasteiger partial charge is 0.224 e. The first-order chi connectivity index (χ1) is 9.79. The monoisotopic (exact) mass is 274 g/mol. The van der Waals surface area contributed by atoms with Gasteiger partial charge in [-0.2, -0.15) is 0 Å². The lowest BCUT2D eigenvalue weighted by Gasteiger charge is -2.32. The summed E-state index contributed by atoms with van der Waals surface area (Å²) in [4.78, 5) is 14.5. The van der Waals surface area contributed by atoms with E-state index in [2.05, 4.69) is 41.4 Å². The summed E-state index contributed by atoms with van der Waals surface area (Å²) in [6.45, 7) is 5.93. The van der Waals surface area contributed by atoms with Crippen LogP contribution in [-0.2, 0) is 11.3 Å². The highest BCUT2D eigenvalue weighted by Crippen LogP contribution is 2.18. The van der Waals surface area contributed by atoms with Crippen LogP contribution in [0.3, 0.4) is 0 Å². The number of piperidine rings is 1. The van der Waals surface area contributed by atoms with Crippen LogP contribution in [0.2, 0.25) is 0 Å². The number of nitrogens with zero attached hydrogens (tertiary/aromatic N) is 1. The Balaban J connectivity index is 1.80. The van der Waals surface area contributed by atoms with Crippen molar-refractivity contribution in [3.8, 4) is 0 Å². The van der Waals surface area contributed by atoms with Gasteiger partial charge in [-0.15, -0.1) is 0 Å². The molecule has 1 aliphatic rings. The molecule has 0 aromatic heterocycles. The van der Waals surface area contributed by atoms with Gasteiger partial charge in [-0.05, 0) is 31.4 Å². The number of hydrogen-bond donors (Lipinski definition) is 1. The molecule has 2 rings (SSSR count). The Labute approximate surface area is 122 Å². The van der Waals surface area contributed by atoms with Crippen LogP contribution in [0.25, 0.3) is 0 Å². The summed E-state index contributed by atoms with van der Waals surface area (Å²) in [5.41, 5.74) is 1.33. The maximum atomic E-state index is 12.1. The lowest BCUT2D eigenvalue weighted by atomic mass is 9.96. The number of benzene rings is 1. The van der Waals surface area contributed by atoms with E-state index in [1.807, 2.05) is 6.07 Å². The van der Waals surface area contributed by atoms with Crippen molar-refractivity contribution in [2.75, 3.05) is 19.6 Å². The number of rotatable bonds is 6. The van der Waals surface area contributed by atoms with Crippen LogP contribution in [0.4, 0.5) is 0 Å². The van der Waals surface area contributed by atoms with Gasteiger partial charge in [0.2, 0.25) is 5.91 Å². The van der Waals surface area contributed by atoms with E-state index in [1.165, 1.54) is 5.56 Å². The zero-order valence-electron chi connectivity index (χ0n) is 12.5. The van der Waals surface area contributed by atoms with E-state index in [4.69, 9.17) is 0 Å². The Morgan fingerprint density at radius 1 is 1.35 bits per heavy atom. The molecule has 1 aliphatic heterocycles. The summed E-state index contributed by atoms with van der Waals surface area (Å²) in [6.07, 6.45) is 4.36. The molecule has 0 bridgehead atoms. The van der Waals surface area contributed by atoms with Crippen LogP contribution in [0.15, 0.2) is 30.3 Å². The highest BCUT2D eigenvalue weighted by atomic mass is 16.1. The fourth-order valence-electron chi connectivity index (χ4n) is 2.79. The third-order valence-corrected chi connectivity index (χ3v) is 3.95. The first kappa shape index (κ1) is 15.0. The molecular weight excluding hydrogens is 248 g/mol. The van der Waals surface area contributed by atoms with Crippen molar-refractivity contribution >= 4 is 5.91 Å². The molecule has 0 unspecified atom stereocenters. The van der Waals surface area contributed by atoms with Gasteiger partial charge in [-0.1, -0.05) is 43.7 Å². The van der Waals surface area contributed by atoms with Crippen LogP contribution in [0.1, 0.15) is 38.2 Å². The van der Waals surface area contributed by atoms with Crippen LogP contribution in [0, 0.1) is 5.92 Å². The number of likely N-dealkylation sites (tertiary alicyclic amines) is 1. The molecule has 1 atom stereocenters. The minimum absolute atomic E-state index is 0.171. The maximum absolute atomic E-state index is 12.1. The van der Waals surface area contributed by atoms with E-state index in [0.29, 0.717) is 0 Å². The van der Waals surface area contributed by atoms with Crippen LogP contribution in [-0.4, -0.2) is 30.4 Å². The molecule has 1 aromatic rings. The first-order valence-corrected chi connectivity index (χ1v) is 7.83. The second-order valence-corrected chi connectivity index (χ2v) is 5.70. The van der Waals surface area contributed by atoms with Gasteiger partial charge in [0.05, 0.1) is 5.92 Å². The second-order valence-electron chi connectivity index (χ2n) is 5.70. The largest absolute Gasteiger partial charge is 0.356 e. The fourth-order valence-corrected chi connectivity index (χ4v) is 2.79. The number of amides is 1. The molecule has 1 N–H and O–H groups in total. The van der Waals surface area contributed by atoms with Crippen LogP contribution in [0.5, 0.6) is 0 Å². The highest BCUT2D eigenvalue weighted by molar-refractivity contribution is 5.78. The summed E-state index contributed by atoms with van der Waals surface area (Å²) < 4.78 is 0. The molecule has 110 valence electrons. The van der Waals surface area contributed by atoms with Gasteiger partial charge in [-0.3, -0.25) is 9.69 Å². The van der Waals surface area contributed by atoms with Gasteiger partial charge < -0.3 is 5.32 Å². The van der Waals surface area contributed by atoms with Crippen molar-refractivity contribution < 1.29 is 4.79 Å². The molecule has 0 saturated carbocycles. The molecule has 0 spiro atoms. The van der Waals surface area contributed by atoms with Crippen LogP contribution >= 0.6 is 0 Å². The number of nitrogens with one attached hydrogen (secondary N) is 1. The zero-order chi connectivity index (χ0) is 14.2. The third kappa shape index (κ3) is 4.64. The minimum atomic E-state index is 0.171. The normalized spacial score (nSPS) is 19.8. The van der Waals surface area contributed by atoms with Crippen LogP contribution < -0.4 is 5.32 Å². The SMILES string of the molecule is CCCCNC(=O)[C@@H]1CCCN(Cc2ccccc2)C1. The number of carbonyl (C=O) groups is 1. The van der Waals surface area contributed by atoms with Gasteiger partial charge >= 0.3 is 0 Å². The Hall–Kier alpha value is -1.35. The van der Waals surface area contributed by atoms with E-state index >= 15 is 0 Å². The molecule has 0 aliphatic carbocycles. The molecule has 3 heteroatoms. The van der Waals surface area contributed by atoms with E-state index in [9.17, 15) is 4.79 Å². The lowest BCUT2D eigenvalue weighted by molar-refractivity contribution is -0.126. The van der Waals surface area contributed by atoms with Gasteiger partial charge in [0.1, 0.15) is 0 Å². The molecule has 0 radical (unpaired) electrons. The predicted octanol–water partition coefficient (Wildman–Crippen LogP) is 2.81. The summed E-state index contributed by atoms with van der Waals surface area (Å²) in [7, 11) is 0. The van der Waals surface area contributed by atoms with Gasteiger partial charge in [0.15, 0.2) is 0 Å². The Morgan fingerprint density at radius 3 is 2.90 bits per heavy atom. The molecule has 1 saturated heterocycles. The van der Waals surface area contributed by atoms with E-state index in [1.54, 1.807) is 0 Å². The third-order valence-electron chi connectivity index (χ3n) is 3.95. The van der Waals surface area contributed by atoms with Gasteiger partial charge in [-0.25, -0.2) is 0 Å². The van der Waals surface area contributed by atoms with E-state index < -0.39 is 0 Å². The average molecular weight is 274 g/mol. The van der Waals surface area contributed by atoms with Crippen molar-refractivity contribution in [1.29, 1.82) is 0 Å². The van der Waals surface area contributed by atoms with Gasteiger partial charge in [0, 0.05) is 19.6 Å². The highest BCUT2D eigenvalue weighted by Gasteiger charge is 2.25. The van der Waals surface area contributed by atoms with Crippen molar-refractivity contribution in [3.63, 3.8) is 0 Å². The molecule has 1 amide bonds. The van der Waals surface area contributed by atoms with Crippen molar-refractivity contribution in [3.05, 3.63) is 35.9 Å². The molecule has 20 heavy (non-hydrogen) atoms. The average Bonchev–Trinajstić information content (AvgIpc) is 2.49. The predicted molar refractivity (Wildman–Crippen MR) is 82.4 cm³/mol. The number of hydrogen-bond acceptors (Lipinski definition) is 2. The summed E-state index contributed by atoms with van der Waals surface area (Å²) in [5.74, 6) is 0.417. The van der Waals surface area contributed by atoms with Crippen molar-refractivity contribution in [2.45, 2.75) is 39.2 Å². The lowest BCUT2D eigenvalue weighted by Crippen LogP contribution is -2.42. The quantitative estimate of drug-likeness (QED) is 0.809. The molecule has 3 nitrogen and oxygen atoms in total. The Kier molecular flexibility index (Phi) is 6.06. The number of carbonyl (C=O) groups excluding carboxylic acids is 1. The Bertz CT molecular complexity index is 405. The Morgan fingerprint density at radius 2 is 2.15 bits per heavy atom. The van der Waals surface area contributed by atoms with Crippen molar-refractivity contribution in [1.82, 2.24) is 10.2 Å². The summed E-state index contributed by atoms with van der Waals surface area (Å²) in [6, 6.07) is 10.5. The maximum Gasteiger partial charge on any atom is 0.224 e. The van der Waals surface area contributed by atoms with Gasteiger partial charge in [0.25, 0.3) is 0 Å². The second kappa shape index (κ2) is 8.05. The summed E-state index contributed by atoms with van der Waals surface area (Å²) >= 11 is 0. The number of unbranched alkanes of at least 4 members (excludes halogenated alkanes) is 1.